The maximum atomic E-state index is 12.8. The zero-order valence-corrected chi connectivity index (χ0v) is 14.2. The Morgan fingerprint density at radius 3 is 2.72 bits per heavy atom. The molecule has 0 aliphatic heterocycles. The number of hydrogen-bond donors (Lipinski definition) is 2. The summed E-state index contributed by atoms with van der Waals surface area (Å²) in [6.07, 6.45) is 4.72. The zero-order valence-electron chi connectivity index (χ0n) is 13.4. The standard InChI is InChI=1S/C18H18N2O4S/c21-18(14-8-9-14,16-7-3-11-24-16)12-20-25(22,23)15-6-1-4-13-5-2-10-19-17(13)15/h1-7,10-11,14,20-21H,8-9,12H2. The molecule has 130 valence electrons. The summed E-state index contributed by atoms with van der Waals surface area (Å²) in [6, 6.07) is 11.9. The van der Waals surface area contributed by atoms with E-state index in [1.807, 2.05) is 12.1 Å². The van der Waals surface area contributed by atoms with Gasteiger partial charge in [-0.05, 0) is 43.0 Å². The highest BCUT2D eigenvalue weighted by Gasteiger charge is 2.47. The predicted octanol–water partition coefficient (Wildman–Crippen LogP) is 2.40. The van der Waals surface area contributed by atoms with Gasteiger partial charge in [-0.1, -0.05) is 18.2 Å². The molecular formula is C18H18N2O4S. The number of nitrogens with one attached hydrogen (secondary N) is 1. The monoisotopic (exact) mass is 358 g/mol. The summed E-state index contributed by atoms with van der Waals surface area (Å²) in [7, 11) is -3.83. The Hall–Kier alpha value is -2.22. The SMILES string of the molecule is O=S(=O)(NCC(O)(c1ccco1)C1CC1)c1cccc2cccnc12. The lowest BCUT2D eigenvalue weighted by molar-refractivity contribution is -0.00224. The first kappa shape index (κ1) is 16.3. The molecule has 1 unspecified atom stereocenters. The number of sulfonamides is 1. The van der Waals surface area contributed by atoms with Gasteiger partial charge in [-0.25, -0.2) is 13.1 Å². The van der Waals surface area contributed by atoms with Crippen molar-refractivity contribution in [2.75, 3.05) is 6.54 Å². The van der Waals surface area contributed by atoms with Crippen molar-refractivity contribution >= 4 is 20.9 Å². The number of aromatic nitrogens is 1. The van der Waals surface area contributed by atoms with Crippen LogP contribution in [0.2, 0.25) is 0 Å². The van der Waals surface area contributed by atoms with Gasteiger partial charge in [0.25, 0.3) is 0 Å². The van der Waals surface area contributed by atoms with Crippen molar-refractivity contribution in [3.05, 3.63) is 60.7 Å². The number of hydrogen-bond acceptors (Lipinski definition) is 5. The van der Waals surface area contributed by atoms with Crippen LogP contribution in [0.15, 0.2) is 64.2 Å². The van der Waals surface area contributed by atoms with Gasteiger partial charge in [0.2, 0.25) is 10.0 Å². The quantitative estimate of drug-likeness (QED) is 0.706. The van der Waals surface area contributed by atoms with Crippen LogP contribution in [0.4, 0.5) is 0 Å². The first-order chi connectivity index (χ1) is 12.0. The minimum absolute atomic E-state index is 0.00741. The Morgan fingerprint density at radius 1 is 1.20 bits per heavy atom. The van der Waals surface area contributed by atoms with Gasteiger partial charge in [-0.15, -0.1) is 0 Å². The summed E-state index contributed by atoms with van der Waals surface area (Å²) < 4.78 is 33.5. The highest BCUT2D eigenvalue weighted by molar-refractivity contribution is 7.89. The maximum Gasteiger partial charge on any atom is 0.242 e. The van der Waals surface area contributed by atoms with Crippen LogP contribution >= 0.6 is 0 Å². The molecule has 6 nitrogen and oxygen atoms in total. The molecule has 0 bridgehead atoms. The average Bonchev–Trinajstić information content (AvgIpc) is 3.34. The molecule has 1 aliphatic carbocycles. The van der Waals surface area contributed by atoms with E-state index in [0.29, 0.717) is 11.3 Å². The number of fused-ring (bicyclic) bond motifs is 1. The fourth-order valence-corrected chi connectivity index (χ4v) is 4.34. The third-order valence-electron chi connectivity index (χ3n) is 4.62. The molecule has 4 rings (SSSR count). The Morgan fingerprint density at radius 2 is 2.00 bits per heavy atom. The van der Waals surface area contributed by atoms with E-state index in [2.05, 4.69) is 9.71 Å². The number of nitrogens with zero attached hydrogens (tertiary/aromatic N) is 1. The maximum absolute atomic E-state index is 12.8. The van der Waals surface area contributed by atoms with Crippen LogP contribution < -0.4 is 4.72 Å². The molecular weight excluding hydrogens is 340 g/mol. The minimum Gasteiger partial charge on any atom is -0.466 e. The predicted molar refractivity (Wildman–Crippen MR) is 92.3 cm³/mol. The number of furan rings is 1. The number of aliphatic hydroxyl groups is 1. The van der Waals surface area contributed by atoms with Crippen molar-refractivity contribution in [2.45, 2.75) is 23.3 Å². The third-order valence-corrected chi connectivity index (χ3v) is 6.05. The molecule has 1 aliphatic rings. The number of para-hydroxylation sites is 1. The van der Waals surface area contributed by atoms with Gasteiger partial charge in [0.1, 0.15) is 16.3 Å². The second kappa shape index (κ2) is 5.94. The fourth-order valence-electron chi connectivity index (χ4n) is 3.09. The minimum atomic E-state index is -3.83. The van der Waals surface area contributed by atoms with Crippen LogP contribution in [0, 0.1) is 5.92 Å². The molecule has 2 heterocycles. The second-order valence-electron chi connectivity index (χ2n) is 6.33. The first-order valence-corrected chi connectivity index (χ1v) is 9.59. The largest absolute Gasteiger partial charge is 0.466 e. The van der Waals surface area contributed by atoms with Gasteiger partial charge in [0, 0.05) is 18.1 Å². The molecule has 1 fully saturated rings. The molecule has 0 saturated heterocycles. The molecule has 1 saturated carbocycles. The summed E-state index contributed by atoms with van der Waals surface area (Å²) in [4.78, 5) is 4.29. The van der Waals surface area contributed by atoms with Crippen molar-refractivity contribution in [1.82, 2.24) is 9.71 Å². The molecule has 1 aromatic carbocycles. The van der Waals surface area contributed by atoms with Gasteiger partial charge in [0.15, 0.2) is 0 Å². The van der Waals surface area contributed by atoms with Crippen LogP contribution in [0.25, 0.3) is 10.9 Å². The Bertz CT molecular complexity index is 992. The molecule has 2 N–H and O–H groups in total. The van der Waals surface area contributed by atoms with Crippen LogP contribution in [0.1, 0.15) is 18.6 Å². The smallest absolute Gasteiger partial charge is 0.242 e. The van der Waals surface area contributed by atoms with E-state index in [0.717, 1.165) is 18.2 Å². The number of benzene rings is 1. The van der Waals surface area contributed by atoms with Gasteiger partial charge in [0.05, 0.1) is 11.8 Å². The highest BCUT2D eigenvalue weighted by atomic mass is 32.2. The van der Waals surface area contributed by atoms with Crippen LogP contribution in [-0.4, -0.2) is 25.1 Å². The first-order valence-electron chi connectivity index (χ1n) is 8.10. The molecule has 7 heteroatoms. The van der Waals surface area contributed by atoms with Crippen LogP contribution in [-0.2, 0) is 15.6 Å². The lowest BCUT2D eigenvalue weighted by Gasteiger charge is -2.26. The zero-order chi connectivity index (χ0) is 17.5. The summed E-state index contributed by atoms with van der Waals surface area (Å²) in [5.41, 5.74) is -0.931. The molecule has 0 spiro atoms. The van der Waals surface area contributed by atoms with Crippen molar-refractivity contribution in [1.29, 1.82) is 0 Å². The van der Waals surface area contributed by atoms with E-state index in [1.54, 1.807) is 30.5 Å². The van der Waals surface area contributed by atoms with Gasteiger partial charge >= 0.3 is 0 Å². The Labute approximate surface area is 145 Å². The van der Waals surface area contributed by atoms with Crippen molar-refractivity contribution < 1.29 is 17.9 Å². The van der Waals surface area contributed by atoms with Crippen molar-refractivity contribution in [2.24, 2.45) is 5.92 Å². The van der Waals surface area contributed by atoms with Crippen molar-refractivity contribution in [3.63, 3.8) is 0 Å². The lowest BCUT2D eigenvalue weighted by atomic mass is 9.95. The number of pyridine rings is 1. The van der Waals surface area contributed by atoms with E-state index in [-0.39, 0.29) is 17.4 Å². The van der Waals surface area contributed by atoms with E-state index >= 15 is 0 Å². The summed E-state index contributed by atoms with van der Waals surface area (Å²) in [5.74, 6) is 0.376. The molecule has 25 heavy (non-hydrogen) atoms. The molecule has 1 atom stereocenters. The summed E-state index contributed by atoms with van der Waals surface area (Å²) in [5, 5.41) is 11.7. The topological polar surface area (TPSA) is 92.4 Å². The summed E-state index contributed by atoms with van der Waals surface area (Å²) >= 11 is 0. The molecule has 0 amide bonds. The Kier molecular flexibility index (Phi) is 3.87. The van der Waals surface area contributed by atoms with Crippen LogP contribution in [0.3, 0.4) is 0 Å². The summed E-state index contributed by atoms with van der Waals surface area (Å²) in [6.45, 7) is -0.142. The van der Waals surface area contributed by atoms with E-state index in [1.165, 1.54) is 12.3 Å². The van der Waals surface area contributed by atoms with E-state index in [4.69, 9.17) is 4.42 Å². The van der Waals surface area contributed by atoms with Gasteiger partial charge in [-0.2, -0.15) is 0 Å². The van der Waals surface area contributed by atoms with E-state index < -0.39 is 15.6 Å². The second-order valence-corrected chi connectivity index (χ2v) is 8.07. The van der Waals surface area contributed by atoms with E-state index in [9.17, 15) is 13.5 Å². The molecule has 2 aromatic heterocycles. The third kappa shape index (κ3) is 2.95. The van der Waals surface area contributed by atoms with Gasteiger partial charge < -0.3 is 9.52 Å². The fraction of sp³-hybridized carbons (Fsp3) is 0.278. The molecule has 0 radical (unpaired) electrons. The Balaban J connectivity index is 1.65. The lowest BCUT2D eigenvalue weighted by Crippen LogP contribution is -2.42. The average molecular weight is 358 g/mol. The van der Waals surface area contributed by atoms with Crippen molar-refractivity contribution in [3.8, 4) is 0 Å². The normalized spacial score (nSPS) is 17.5. The highest BCUT2D eigenvalue weighted by Crippen LogP contribution is 2.45. The molecule has 3 aromatic rings. The van der Waals surface area contributed by atoms with Gasteiger partial charge in [-0.3, -0.25) is 4.98 Å². The number of rotatable bonds is 6. The van der Waals surface area contributed by atoms with Crippen LogP contribution in [0.5, 0.6) is 0 Å².